The maximum Gasteiger partial charge on any atom is 0.323 e. The van der Waals surface area contributed by atoms with Gasteiger partial charge in [-0.15, -0.1) is 0 Å². The zero-order valence-electron chi connectivity index (χ0n) is 10.7. The SMILES string of the molecule is CCOc1nc(N)nc(N2CCc3ccccc32)n1. The summed E-state index contributed by atoms with van der Waals surface area (Å²) < 4.78 is 5.31. The Morgan fingerprint density at radius 1 is 1.26 bits per heavy atom. The summed E-state index contributed by atoms with van der Waals surface area (Å²) in [6.07, 6.45) is 0.978. The van der Waals surface area contributed by atoms with Crippen molar-refractivity contribution in [2.45, 2.75) is 13.3 Å². The van der Waals surface area contributed by atoms with E-state index in [4.69, 9.17) is 10.5 Å². The van der Waals surface area contributed by atoms with Crippen molar-refractivity contribution in [1.82, 2.24) is 15.0 Å². The number of aromatic nitrogens is 3. The van der Waals surface area contributed by atoms with Crippen LogP contribution in [0.15, 0.2) is 24.3 Å². The predicted octanol–water partition coefficient (Wildman–Crippen LogP) is 1.55. The van der Waals surface area contributed by atoms with E-state index in [-0.39, 0.29) is 12.0 Å². The quantitative estimate of drug-likeness (QED) is 0.898. The van der Waals surface area contributed by atoms with Crippen LogP contribution in [-0.2, 0) is 6.42 Å². The molecule has 0 saturated carbocycles. The summed E-state index contributed by atoms with van der Waals surface area (Å²) in [5, 5.41) is 0. The van der Waals surface area contributed by atoms with Crippen molar-refractivity contribution in [1.29, 1.82) is 0 Å². The second kappa shape index (κ2) is 4.72. The fourth-order valence-electron chi connectivity index (χ4n) is 2.22. The van der Waals surface area contributed by atoms with Gasteiger partial charge in [0.25, 0.3) is 0 Å². The van der Waals surface area contributed by atoms with E-state index in [1.165, 1.54) is 5.56 Å². The number of hydrogen-bond acceptors (Lipinski definition) is 6. The lowest BCUT2D eigenvalue weighted by Gasteiger charge is -2.17. The minimum Gasteiger partial charge on any atom is -0.464 e. The highest BCUT2D eigenvalue weighted by atomic mass is 16.5. The van der Waals surface area contributed by atoms with E-state index in [1.54, 1.807) is 0 Å². The molecular weight excluding hydrogens is 242 g/mol. The predicted molar refractivity (Wildman–Crippen MR) is 72.6 cm³/mol. The van der Waals surface area contributed by atoms with Crippen molar-refractivity contribution >= 4 is 17.6 Å². The number of anilines is 3. The molecule has 0 saturated heterocycles. The summed E-state index contributed by atoms with van der Waals surface area (Å²) in [5.41, 5.74) is 8.12. The van der Waals surface area contributed by atoms with Gasteiger partial charge in [-0.3, -0.25) is 0 Å². The highest BCUT2D eigenvalue weighted by molar-refractivity contribution is 5.66. The number of para-hydroxylation sites is 1. The Balaban J connectivity index is 1.99. The number of rotatable bonds is 3. The molecule has 19 heavy (non-hydrogen) atoms. The van der Waals surface area contributed by atoms with Crippen molar-refractivity contribution in [3.63, 3.8) is 0 Å². The van der Waals surface area contributed by atoms with E-state index in [0.29, 0.717) is 12.6 Å². The smallest absolute Gasteiger partial charge is 0.323 e. The van der Waals surface area contributed by atoms with Crippen molar-refractivity contribution in [3.05, 3.63) is 29.8 Å². The van der Waals surface area contributed by atoms with Crippen molar-refractivity contribution in [3.8, 4) is 6.01 Å². The number of nitrogen functional groups attached to an aromatic ring is 1. The molecule has 3 rings (SSSR count). The Hall–Kier alpha value is -2.37. The van der Waals surface area contributed by atoms with Gasteiger partial charge in [0.15, 0.2) is 0 Å². The van der Waals surface area contributed by atoms with Crippen molar-refractivity contribution in [2.24, 2.45) is 0 Å². The number of fused-ring (bicyclic) bond motifs is 1. The van der Waals surface area contributed by atoms with E-state index < -0.39 is 0 Å². The summed E-state index contributed by atoms with van der Waals surface area (Å²) in [6.45, 7) is 3.22. The Bertz CT molecular complexity index is 601. The molecule has 0 fully saturated rings. The third-order valence-electron chi connectivity index (χ3n) is 3.02. The molecule has 0 unspecified atom stereocenters. The molecule has 1 aromatic heterocycles. The van der Waals surface area contributed by atoms with E-state index in [2.05, 4.69) is 27.1 Å². The topological polar surface area (TPSA) is 77.2 Å². The van der Waals surface area contributed by atoms with Gasteiger partial charge >= 0.3 is 6.01 Å². The van der Waals surface area contributed by atoms with Gasteiger partial charge in [-0.25, -0.2) is 0 Å². The Morgan fingerprint density at radius 2 is 2.11 bits per heavy atom. The van der Waals surface area contributed by atoms with Crippen LogP contribution in [-0.4, -0.2) is 28.1 Å². The van der Waals surface area contributed by atoms with E-state index in [1.807, 2.05) is 24.0 Å². The first kappa shape index (κ1) is 11.7. The molecule has 0 atom stereocenters. The number of nitrogens with two attached hydrogens (primary N) is 1. The summed E-state index contributed by atoms with van der Waals surface area (Å²) >= 11 is 0. The van der Waals surface area contributed by atoms with Crippen molar-refractivity contribution < 1.29 is 4.74 Å². The maximum absolute atomic E-state index is 5.71. The van der Waals surface area contributed by atoms with Crippen LogP contribution in [0.3, 0.4) is 0 Å². The molecule has 0 aliphatic carbocycles. The van der Waals surface area contributed by atoms with Crippen molar-refractivity contribution in [2.75, 3.05) is 23.8 Å². The molecule has 6 nitrogen and oxygen atoms in total. The molecule has 2 aromatic rings. The van der Waals surface area contributed by atoms with Crippen LogP contribution in [0.5, 0.6) is 6.01 Å². The third kappa shape index (κ3) is 2.16. The van der Waals surface area contributed by atoms with Crippen LogP contribution >= 0.6 is 0 Å². The van der Waals surface area contributed by atoms with Gasteiger partial charge in [-0.05, 0) is 25.0 Å². The lowest BCUT2D eigenvalue weighted by atomic mass is 10.2. The molecule has 2 heterocycles. The van der Waals surface area contributed by atoms with Crippen LogP contribution in [0.25, 0.3) is 0 Å². The second-order valence-electron chi connectivity index (χ2n) is 4.24. The zero-order valence-corrected chi connectivity index (χ0v) is 10.7. The Labute approximate surface area is 111 Å². The molecular formula is C13H15N5O. The summed E-state index contributed by atoms with van der Waals surface area (Å²) in [5.74, 6) is 0.721. The maximum atomic E-state index is 5.71. The Kier molecular flexibility index (Phi) is 2.91. The molecule has 1 aliphatic rings. The molecule has 0 bridgehead atoms. The first-order valence-electron chi connectivity index (χ1n) is 6.27. The van der Waals surface area contributed by atoms with Gasteiger partial charge in [0.05, 0.1) is 6.61 Å². The molecule has 98 valence electrons. The first-order chi connectivity index (χ1) is 9.28. The first-order valence-corrected chi connectivity index (χ1v) is 6.27. The second-order valence-corrected chi connectivity index (χ2v) is 4.24. The van der Waals surface area contributed by atoms with E-state index in [0.717, 1.165) is 18.7 Å². The van der Waals surface area contributed by atoms with Gasteiger partial charge < -0.3 is 15.4 Å². The molecule has 6 heteroatoms. The lowest BCUT2D eigenvalue weighted by molar-refractivity contribution is 0.312. The van der Waals surface area contributed by atoms with Crippen LogP contribution in [0.4, 0.5) is 17.6 Å². The summed E-state index contributed by atoms with van der Waals surface area (Å²) in [4.78, 5) is 14.5. The third-order valence-corrected chi connectivity index (χ3v) is 3.02. The molecule has 0 radical (unpaired) electrons. The number of benzene rings is 1. The Morgan fingerprint density at radius 3 is 2.95 bits per heavy atom. The van der Waals surface area contributed by atoms with Crippen LogP contribution < -0.4 is 15.4 Å². The normalized spacial score (nSPS) is 13.4. The highest BCUT2D eigenvalue weighted by Crippen LogP contribution is 2.32. The number of hydrogen-bond donors (Lipinski definition) is 1. The van der Waals surface area contributed by atoms with Gasteiger partial charge in [0.2, 0.25) is 11.9 Å². The minimum absolute atomic E-state index is 0.179. The van der Waals surface area contributed by atoms with Gasteiger partial charge in [-0.1, -0.05) is 18.2 Å². The average Bonchev–Trinajstić information content (AvgIpc) is 2.82. The van der Waals surface area contributed by atoms with Crippen LogP contribution in [0, 0.1) is 0 Å². The molecule has 0 spiro atoms. The van der Waals surface area contributed by atoms with Gasteiger partial charge in [0, 0.05) is 12.2 Å². The highest BCUT2D eigenvalue weighted by Gasteiger charge is 2.23. The molecule has 1 aromatic carbocycles. The van der Waals surface area contributed by atoms with E-state index >= 15 is 0 Å². The summed E-state index contributed by atoms with van der Waals surface area (Å²) in [6, 6.07) is 8.49. The summed E-state index contributed by atoms with van der Waals surface area (Å²) in [7, 11) is 0. The van der Waals surface area contributed by atoms with E-state index in [9.17, 15) is 0 Å². The number of ether oxygens (including phenoxy) is 1. The molecule has 1 aliphatic heterocycles. The van der Waals surface area contributed by atoms with Gasteiger partial charge in [0.1, 0.15) is 0 Å². The number of nitrogens with zero attached hydrogens (tertiary/aromatic N) is 4. The van der Waals surface area contributed by atoms with Crippen LogP contribution in [0.2, 0.25) is 0 Å². The largest absolute Gasteiger partial charge is 0.464 e. The monoisotopic (exact) mass is 257 g/mol. The average molecular weight is 257 g/mol. The molecule has 2 N–H and O–H groups in total. The van der Waals surface area contributed by atoms with Gasteiger partial charge in [-0.2, -0.15) is 15.0 Å². The lowest BCUT2D eigenvalue weighted by Crippen LogP contribution is -2.18. The van der Waals surface area contributed by atoms with Crippen LogP contribution in [0.1, 0.15) is 12.5 Å². The fraction of sp³-hybridized carbons (Fsp3) is 0.308. The zero-order chi connectivity index (χ0) is 13.2. The fourth-order valence-corrected chi connectivity index (χ4v) is 2.22. The minimum atomic E-state index is 0.179. The molecule has 0 amide bonds. The standard InChI is InChI=1S/C13H15N5O/c1-2-19-13-16-11(14)15-12(17-13)18-8-7-9-5-3-4-6-10(9)18/h3-6H,2,7-8H2,1H3,(H2,14,15,16,17).